The summed E-state index contributed by atoms with van der Waals surface area (Å²) >= 11 is 5.50. The van der Waals surface area contributed by atoms with Crippen molar-refractivity contribution < 1.29 is 24.2 Å². The highest BCUT2D eigenvalue weighted by atomic mass is 79.9. The number of anilines is 1. The van der Waals surface area contributed by atoms with Gasteiger partial charge in [-0.3, -0.25) is 14.4 Å². The fraction of sp³-hybridized carbons (Fsp3) is 0.690. The number of unbranched alkanes of at least 4 members (excludes halogenated alkanes) is 2. The van der Waals surface area contributed by atoms with Gasteiger partial charge < -0.3 is 25.4 Å². The third kappa shape index (κ3) is 5.58. The minimum atomic E-state index is -0.632. The van der Waals surface area contributed by atoms with Gasteiger partial charge in [0, 0.05) is 35.0 Å². The molecular formula is C29H40BrN3O5S. The number of ether oxygens (including phenoxy) is 1. The van der Waals surface area contributed by atoms with Crippen LogP contribution in [0.5, 0.6) is 5.75 Å². The second-order valence-corrected chi connectivity index (χ2v) is 14.0. The van der Waals surface area contributed by atoms with Crippen LogP contribution < -0.4 is 15.4 Å². The Morgan fingerprint density at radius 3 is 2.56 bits per heavy atom. The first-order chi connectivity index (χ1) is 18.9. The predicted octanol–water partition coefficient (Wildman–Crippen LogP) is 4.10. The lowest BCUT2D eigenvalue weighted by Gasteiger charge is -2.36. The Labute approximate surface area is 243 Å². The first-order valence-electron chi connectivity index (χ1n) is 14.5. The van der Waals surface area contributed by atoms with E-state index in [1.165, 1.54) is 6.42 Å². The molecule has 10 heteroatoms. The summed E-state index contributed by atoms with van der Waals surface area (Å²) < 4.78 is 4.88. The molecule has 214 valence electrons. The number of rotatable bonds is 11. The Morgan fingerprint density at radius 2 is 1.87 bits per heavy atom. The predicted molar refractivity (Wildman–Crippen MR) is 156 cm³/mol. The van der Waals surface area contributed by atoms with Gasteiger partial charge in [0.1, 0.15) is 11.8 Å². The van der Waals surface area contributed by atoms with Gasteiger partial charge in [0.15, 0.2) is 0 Å². The zero-order valence-corrected chi connectivity index (χ0v) is 25.0. The van der Waals surface area contributed by atoms with E-state index in [9.17, 15) is 19.5 Å². The Morgan fingerprint density at radius 1 is 1.13 bits per heavy atom. The monoisotopic (exact) mass is 621 g/mol. The van der Waals surface area contributed by atoms with Crippen LogP contribution in [0.3, 0.4) is 0 Å². The van der Waals surface area contributed by atoms with Gasteiger partial charge in [-0.15, -0.1) is 11.8 Å². The van der Waals surface area contributed by atoms with Gasteiger partial charge in [-0.2, -0.15) is 0 Å². The third-order valence-corrected chi connectivity index (χ3v) is 12.0. The Kier molecular flexibility index (Phi) is 9.13. The number of hydrogen-bond acceptors (Lipinski definition) is 6. The molecule has 3 heterocycles. The number of likely N-dealkylation sites (tertiary alicyclic amines) is 1. The molecule has 4 fully saturated rings. The van der Waals surface area contributed by atoms with Gasteiger partial charge in [-0.25, -0.2) is 0 Å². The smallest absolute Gasteiger partial charge is 0.244 e. The molecule has 1 spiro atoms. The average molecular weight is 623 g/mol. The van der Waals surface area contributed by atoms with Gasteiger partial charge in [0.05, 0.1) is 23.2 Å². The number of aliphatic hydroxyl groups excluding tert-OH is 1. The molecular weight excluding hydrogens is 582 g/mol. The van der Waals surface area contributed by atoms with Crippen LogP contribution in [0.4, 0.5) is 5.69 Å². The van der Waals surface area contributed by atoms with E-state index in [2.05, 4.69) is 26.6 Å². The van der Waals surface area contributed by atoms with Crippen LogP contribution in [0.1, 0.15) is 64.7 Å². The van der Waals surface area contributed by atoms with Gasteiger partial charge in [-0.05, 0) is 69.7 Å². The van der Waals surface area contributed by atoms with Crippen LogP contribution in [0.15, 0.2) is 24.3 Å². The molecule has 3 unspecified atom stereocenters. The molecule has 39 heavy (non-hydrogen) atoms. The summed E-state index contributed by atoms with van der Waals surface area (Å²) in [6, 6.07) is 6.83. The maximum Gasteiger partial charge on any atom is 0.244 e. The highest BCUT2D eigenvalue weighted by molar-refractivity contribution is 9.09. The van der Waals surface area contributed by atoms with Crippen LogP contribution in [-0.4, -0.2) is 74.4 Å². The van der Waals surface area contributed by atoms with Crippen LogP contribution >= 0.6 is 27.7 Å². The SMILES string of the molecule is CCOc1ccc(NC(=O)[C@H]2[C@@H]3SC4(CC3Br)C(C(=O)NC3CCCCC3)N(CCCCCO)C(=O)[C@H]24)cc1. The highest BCUT2D eigenvalue weighted by Gasteiger charge is 2.75. The quantitative estimate of drug-likeness (QED) is 0.254. The molecule has 5 rings (SSSR count). The number of thioether (sulfide) groups is 1. The van der Waals surface area contributed by atoms with Crippen molar-refractivity contribution in [1.29, 1.82) is 0 Å². The molecule has 3 aliphatic heterocycles. The Balaban J connectivity index is 1.40. The van der Waals surface area contributed by atoms with Crippen molar-refractivity contribution in [3.63, 3.8) is 0 Å². The number of hydrogen-bond donors (Lipinski definition) is 3. The molecule has 6 atom stereocenters. The van der Waals surface area contributed by atoms with Crippen LogP contribution in [0.25, 0.3) is 0 Å². The maximum atomic E-state index is 14.1. The normalized spacial score (nSPS) is 31.8. The van der Waals surface area contributed by atoms with Crippen LogP contribution in [0.2, 0.25) is 0 Å². The molecule has 1 aromatic rings. The van der Waals surface area contributed by atoms with E-state index in [1.807, 2.05) is 31.2 Å². The van der Waals surface area contributed by atoms with Gasteiger partial charge in [-0.1, -0.05) is 35.2 Å². The second-order valence-electron chi connectivity index (χ2n) is 11.3. The van der Waals surface area contributed by atoms with Crippen molar-refractivity contribution in [3.05, 3.63) is 24.3 Å². The van der Waals surface area contributed by atoms with Gasteiger partial charge in [0.25, 0.3) is 0 Å². The van der Waals surface area contributed by atoms with Crippen molar-refractivity contribution in [2.45, 2.75) is 91.6 Å². The number of carbonyl (C=O) groups is 3. The molecule has 8 nitrogen and oxygen atoms in total. The fourth-order valence-corrected chi connectivity index (χ4v) is 10.7. The molecule has 1 saturated carbocycles. The maximum absolute atomic E-state index is 14.1. The Bertz CT molecular complexity index is 1050. The summed E-state index contributed by atoms with van der Waals surface area (Å²) in [6.45, 7) is 3.07. The third-order valence-electron chi connectivity index (χ3n) is 8.78. The van der Waals surface area contributed by atoms with E-state index in [0.29, 0.717) is 31.7 Å². The van der Waals surface area contributed by atoms with Crippen molar-refractivity contribution in [3.8, 4) is 5.75 Å². The lowest BCUT2D eigenvalue weighted by Crippen LogP contribution is -2.56. The van der Waals surface area contributed by atoms with E-state index in [0.717, 1.165) is 44.3 Å². The molecule has 0 aromatic heterocycles. The van der Waals surface area contributed by atoms with Crippen LogP contribution in [0, 0.1) is 11.8 Å². The molecule has 2 bridgehead atoms. The number of fused-ring (bicyclic) bond motifs is 1. The van der Waals surface area contributed by atoms with Gasteiger partial charge >= 0.3 is 0 Å². The lowest BCUT2D eigenvalue weighted by molar-refractivity contribution is -0.139. The number of aliphatic hydroxyl groups is 1. The molecule has 4 aliphatic rings. The second kappa shape index (κ2) is 12.4. The van der Waals surface area contributed by atoms with Crippen molar-refractivity contribution in [2.24, 2.45) is 11.8 Å². The summed E-state index contributed by atoms with van der Waals surface area (Å²) in [5.41, 5.74) is 0.661. The first-order valence-corrected chi connectivity index (χ1v) is 16.3. The van der Waals surface area contributed by atoms with Crippen molar-refractivity contribution in [1.82, 2.24) is 10.2 Å². The standard InChI is InChI=1S/C29H40BrN3O5S/c1-2-38-20-13-11-19(12-14-20)31-26(35)22-23-28(37)33(15-7-4-8-16-34)25(29(23)17-21(30)24(22)39-29)27(36)32-18-9-5-3-6-10-18/h11-14,18,21-25,34H,2-10,15-17H2,1H3,(H,31,35)(H,32,36)/t21?,22-,23+,24-,25?,29?/m1/s1. The number of benzene rings is 1. The highest BCUT2D eigenvalue weighted by Crippen LogP contribution is 2.67. The molecule has 0 radical (unpaired) electrons. The number of nitrogens with zero attached hydrogens (tertiary/aromatic N) is 1. The van der Waals surface area contributed by atoms with Crippen molar-refractivity contribution >= 4 is 51.1 Å². The number of nitrogens with one attached hydrogen (secondary N) is 2. The summed E-state index contributed by atoms with van der Waals surface area (Å²) in [6.07, 6.45) is 8.23. The molecule has 1 aliphatic carbocycles. The minimum absolute atomic E-state index is 0.0435. The Hall–Kier alpha value is -1.78. The van der Waals surface area contributed by atoms with E-state index in [4.69, 9.17) is 4.74 Å². The van der Waals surface area contributed by atoms with E-state index in [1.54, 1.807) is 16.7 Å². The summed E-state index contributed by atoms with van der Waals surface area (Å²) in [5.74, 6) is -0.650. The number of alkyl halides is 1. The van der Waals surface area contributed by atoms with E-state index < -0.39 is 22.6 Å². The zero-order valence-electron chi connectivity index (χ0n) is 22.6. The van der Waals surface area contributed by atoms with E-state index >= 15 is 0 Å². The molecule has 3 amide bonds. The minimum Gasteiger partial charge on any atom is -0.494 e. The van der Waals surface area contributed by atoms with Crippen molar-refractivity contribution in [2.75, 3.05) is 25.1 Å². The largest absolute Gasteiger partial charge is 0.494 e. The van der Waals surface area contributed by atoms with Crippen LogP contribution in [-0.2, 0) is 14.4 Å². The van der Waals surface area contributed by atoms with E-state index in [-0.39, 0.29) is 40.4 Å². The summed E-state index contributed by atoms with van der Waals surface area (Å²) in [4.78, 5) is 43.6. The lowest BCUT2D eigenvalue weighted by atomic mass is 9.70. The summed E-state index contributed by atoms with van der Waals surface area (Å²) in [5, 5.41) is 15.5. The number of amides is 3. The first kappa shape index (κ1) is 28.7. The molecule has 3 saturated heterocycles. The fourth-order valence-electron chi connectivity index (χ4n) is 7.09. The van der Waals surface area contributed by atoms with Gasteiger partial charge in [0.2, 0.25) is 17.7 Å². The average Bonchev–Trinajstić information content (AvgIpc) is 3.52. The number of halogens is 1. The summed E-state index contributed by atoms with van der Waals surface area (Å²) in [7, 11) is 0. The number of carbonyl (C=O) groups excluding carboxylic acids is 3. The zero-order chi connectivity index (χ0) is 27.6. The molecule has 3 N–H and O–H groups in total. The molecule has 1 aromatic carbocycles. The topological polar surface area (TPSA) is 108 Å².